The van der Waals surface area contributed by atoms with E-state index in [-0.39, 0.29) is 19.4 Å². The number of carboxylic acids is 2. The van der Waals surface area contributed by atoms with Crippen LogP contribution in [0.1, 0.15) is 18.9 Å². The number of aromatic carboxylic acids is 2. The summed E-state index contributed by atoms with van der Waals surface area (Å²) in [7, 11) is 0. The van der Waals surface area contributed by atoms with Crippen molar-refractivity contribution in [3.63, 3.8) is 0 Å². The van der Waals surface area contributed by atoms with Crippen molar-refractivity contribution in [3.05, 3.63) is 21.4 Å². The van der Waals surface area contributed by atoms with Gasteiger partial charge in [0.2, 0.25) is 0 Å². The Morgan fingerprint density at radius 2 is 1.93 bits per heavy atom. The molecule has 2 aromatic rings. The van der Waals surface area contributed by atoms with Gasteiger partial charge >= 0.3 is 88.0 Å². The van der Waals surface area contributed by atoms with Gasteiger partial charge in [0.15, 0.2) is 0 Å². The topological polar surface area (TPSA) is 74.6 Å². The predicted octanol–water partition coefficient (Wildman–Crippen LogP) is 1.35. The van der Waals surface area contributed by atoms with Gasteiger partial charge in [-0.25, -0.2) is 0 Å². The molecule has 0 radical (unpaired) electrons. The maximum absolute atomic E-state index is 10.6. The summed E-state index contributed by atoms with van der Waals surface area (Å²) in [5.41, 5.74) is 0. The van der Waals surface area contributed by atoms with Crippen LogP contribution in [0.25, 0.3) is 8.96 Å². The number of fused-ring (bicyclic) bond motifs is 1. The van der Waals surface area contributed by atoms with Gasteiger partial charge in [-0.3, -0.25) is 0 Å². The monoisotopic (exact) mass is 276 g/mol. The molecule has 0 saturated carbocycles. The summed E-state index contributed by atoms with van der Waals surface area (Å²) in [6, 6.07) is 3.13. The first-order valence-electron chi connectivity index (χ1n) is 3.58. The second kappa shape index (κ2) is 3.24. The molecule has 2 rings (SSSR count). The summed E-state index contributed by atoms with van der Waals surface area (Å²) >= 11 is 0.883. The van der Waals surface area contributed by atoms with Gasteiger partial charge in [-0.05, 0) is 0 Å². The van der Waals surface area contributed by atoms with Gasteiger partial charge < -0.3 is 0 Å². The molecule has 0 saturated heterocycles. The van der Waals surface area contributed by atoms with Crippen LogP contribution in [0.15, 0.2) is 12.1 Å². The van der Waals surface area contributed by atoms with E-state index in [0.717, 1.165) is 20.3 Å². The molecule has 2 heterocycles. The normalized spacial score (nSPS) is 10.6. The molecule has 2 N–H and O–H groups in total. The van der Waals surface area contributed by atoms with Gasteiger partial charge in [0.1, 0.15) is 0 Å². The second-order valence-corrected chi connectivity index (χ2v) is 5.92. The van der Waals surface area contributed by atoms with Crippen LogP contribution in [0.5, 0.6) is 0 Å². The number of hydrogen-bond donors (Lipinski definition) is 2. The van der Waals surface area contributed by atoms with E-state index in [1.54, 1.807) is 12.1 Å². The third kappa shape index (κ3) is 1.48. The maximum atomic E-state index is 10.6. The van der Waals surface area contributed by atoms with E-state index in [4.69, 9.17) is 10.2 Å². The molecule has 0 aliphatic heterocycles. The standard InChI is InChI=1S/C8H4O4SSe/c9-7(10)4-2-5-3(13-4)1-6(14-5)8(11)12/h1-2H,(H,9,10)(H,11,12). The van der Waals surface area contributed by atoms with Crippen LogP contribution in [0, 0.1) is 0 Å². The zero-order valence-corrected chi connectivity index (χ0v) is 9.21. The SMILES string of the molecule is O=C(O)c1cc2[se]c(C(=O)O)cc2s1. The summed E-state index contributed by atoms with van der Waals surface area (Å²) in [6.07, 6.45) is 0. The molecule has 0 spiro atoms. The van der Waals surface area contributed by atoms with E-state index in [1.807, 2.05) is 0 Å². The first-order chi connectivity index (χ1) is 6.58. The van der Waals surface area contributed by atoms with E-state index in [2.05, 4.69) is 0 Å². The Labute approximate surface area is 88.2 Å². The predicted molar refractivity (Wildman–Crippen MR) is 52.7 cm³/mol. The number of hydrogen-bond acceptors (Lipinski definition) is 3. The van der Waals surface area contributed by atoms with Gasteiger partial charge in [-0.2, -0.15) is 0 Å². The molecule has 0 aromatic carbocycles. The minimum absolute atomic E-state index is 0.245. The van der Waals surface area contributed by atoms with Crippen LogP contribution in [0.3, 0.4) is 0 Å². The van der Waals surface area contributed by atoms with Crippen molar-refractivity contribution in [1.29, 1.82) is 0 Å². The fraction of sp³-hybridized carbons (Fsp3) is 0. The zero-order valence-electron chi connectivity index (χ0n) is 6.68. The Bertz CT molecular complexity index is 449. The fourth-order valence-corrected chi connectivity index (χ4v) is 4.46. The van der Waals surface area contributed by atoms with Gasteiger partial charge in [0, 0.05) is 0 Å². The van der Waals surface area contributed by atoms with Crippen molar-refractivity contribution in [2.75, 3.05) is 0 Å². The number of thiophene rings is 1. The van der Waals surface area contributed by atoms with E-state index < -0.39 is 11.9 Å². The second-order valence-electron chi connectivity index (χ2n) is 2.56. The molecule has 0 bridgehead atoms. The molecule has 72 valence electrons. The summed E-state index contributed by atoms with van der Waals surface area (Å²) in [5.74, 6) is -1.87. The van der Waals surface area contributed by atoms with Crippen molar-refractivity contribution < 1.29 is 19.8 Å². The summed E-state index contributed by atoms with van der Waals surface area (Å²) in [6.45, 7) is 0. The van der Waals surface area contributed by atoms with Crippen LogP contribution in [-0.2, 0) is 0 Å². The van der Waals surface area contributed by atoms with Crippen molar-refractivity contribution in [2.24, 2.45) is 0 Å². The Morgan fingerprint density at radius 3 is 2.43 bits per heavy atom. The molecular weight excluding hydrogens is 271 g/mol. The molecule has 0 aliphatic rings. The van der Waals surface area contributed by atoms with Crippen molar-refractivity contribution >= 4 is 46.7 Å². The molecule has 0 fully saturated rings. The van der Waals surface area contributed by atoms with Crippen molar-refractivity contribution in [1.82, 2.24) is 0 Å². The fourth-order valence-electron chi connectivity index (χ4n) is 1.05. The molecule has 0 unspecified atom stereocenters. The van der Waals surface area contributed by atoms with Crippen molar-refractivity contribution in [3.8, 4) is 0 Å². The van der Waals surface area contributed by atoms with Crippen LogP contribution in [0.2, 0.25) is 0 Å². The molecule has 14 heavy (non-hydrogen) atoms. The number of carboxylic acid groups (broad SMARTS) is 2. The van der Waals surface area contributed by atoms with Crippen LogP contribution in [-0.4, -0.2) is 36.7 Å². The molecule has 4 nitrogen and oxygen atoms in total. The summed E-state index contributed by atoms with van der Waals surface area (Å²) < 4.78 is 2.02. The van der Waals surface area contributed by atoms with Crippen LogP contribution >= 0.6 is 11.3 Å². The van der Waals surface area contributed by atoms with E-state index >= 15 is 0 Å². The van der Waals surface area contributed by atoms with E-state index in [0.29, 0.717) is 4.44 Å². The summed E-state index contributed by atoms with van der Waals surface area (Å²) in [5, 5.41) is 17.4. The Balaban J connectivity index is 2.56. The average Bonchev–Trinajstić information content (AvgIpc) is 2.57. The van der Waals surface area contributed by atoms with Crippen LogP contribution < -0.4 is 0 Å². The molecule has 0 atom stereocenters. The third-order valence-corrected chi connectivity index (χ3v) is 5.24. The molecular formula is C8H4O4SSe. The van der Waals surface area contributed by atoms with Gasteiger partial charge in [0.05, 0.1) is 0 Å². The summed E-state index contributed by atoms with van der Waals surface area (Å²) in [4.78, 5) is 21.5. The Morgan fingerprint density at radius 1 is 1.21 bits per heavy atom. The van der Waals surface area contributed by atoms with Gasteiger partial charge in [0.25, 0.3) is 0 Å². The van der Waals surface area contributed by atoms with Gasteiger partial charge in [-0.1, -0.05) is 0 Å². The molecule has 0 aliphatic carbocycles. The molecule has 0 amide bonds. The first-order valence-corrected chi connectivity index (χ1v) is 6.11. The molecule has 2 aromatic heterocycles. The van der Waals surface area contributed by atoms with E-state index in [9.17, 15) is 9.59 Å². The number of carbonyl (C=O) groups is 2. The Hall–Kier alpha value is -1.10. The minimum atomic E-state index is -0.953. The molecule has 6 heteroatoms. The third-order valence-electron chi connectivity index (χ3n) is 1.63. The Kier molecular flexibility index (Phi) is 2.19. The zero-order chi connectivity index (χ0) is 10.3. The quantitative estimate of drug-likeness (QED) is 0.811. The number of rotatable bonds is 2. The van der Waals surface area contributed by atoms with Crippen LogP contribution in [0.4, 0.5) is 0 Å². The van der Waals surface area contributed by atoms with Gasteiger partial charge in [-0.15, -0.1) is 0 Å². The van der Waals surface area contributed by atoms with Crippen molar-refractivity contribution in [2.45, 2.75) is 0 Å². The first kappa shape index (κ1) is 9.45. The van der Waals surface area contributed by atoms with E-state index in [1.165, 1.54) is 0 Å². The average molecular weight is 275 g/mol.